The zero-order valence-corrected chi connectivity index (χ0v) is 14.6. The summed E-state index contributed by atoms with van der Waals surface area (Å²) in [6.45, 7) is 5.76. The van der Waals surface area contributed by atoms with Crippen LogP contribution in [0.3, 0.4) is 0 Å². The molecule has 0 bridgehead atoms. The Kier molecular flexibility index (Phi) is 5.47. The summed E-state index contributed by atoms with van der Waals surface area (Å²) < 4.78 is 5.35. The van der Waals surface area contributed by atoms with Gasteiger partial charge in [-0.05, 0) is 37.8 Å². The van der Waals surface area contributed by atoms with Gasteiger partial charge in [0.15, 0.2) is 0 Å². The zero-order chi connectivity index (χ0) is 17.9. The van der Waals surface area contributed by atoms with E-state index < -0.39 is 23.0 Å². The van der Waals surface area contributed by atoms with Gasteiger partial charge >= 0.3 is 5.63 Å². The smallest absolute Gasteiger partial charge is 0.349 e. The summed E-state index contributed by atoms with van der Waals surface area (Å²) in [6.07, 6.45) is 4.54. The van der Waals surface area contributed by atoms with Crippen LogP contribution in [0.25, 0.3) is 0 Å². The predicted octanol–water partition coefficient (Wildman–Crippen LogP) is 2.38. The van der Waals surface area contributed by atoms with E-state index in [1.165, 1.54) is 0 Å². The molecule has 6 nitrogen and oxygen atoms in total. The molecule has 0 radical (unpaired) electrons. The van der Waals surface area contributed by atoms with Crippen molar-refractivity contribution in [2.75, 3.05) is 0 Å². The monoisotopic (exact) mass is 334 g/mol. The summed E-state index contributed by atoms with van der Waals surface area (Å²) in [4.78, 5) is 36.7. The number of nitrogens with two attached hydrogens (primary N) is 1. The van der Waals surface area contributed by atoms with Crippen molar-refractivity contribution in [1.29, 1.82) is 0 Å². The molecule has 1 saturated carbocycles. The Labute approximate surface area is 141 Å². The summed E-state index contributed by atoms with van der Waals surface area (Å²) in [5.74, 6) is -0.438. The first-order valence-electron chi connectivity index (χ1n) is 8.58. The van der Waals surface area contributed by atoms with E-state index in [0.717, 1.165) is 25.7 Å². The average Bonchev–Trinajstić information content (AvgIpc) is 2.96. The van der Waals surface area contributed by atoms with Gasteiger partial charge in [-0.3, -0.25) is 9.59 Å². The van der Waals surface area contributed by atoms with Gasteiger partial charge in [0, 0.05) is 5.92 Å². The van der Waals surface area contributed by atoms with Crippen LogP contribution in [0.5, 0.6) is 0 Å². The number of carbonyl (C=O) groups excluding carboxylic acids is 2. The molecule has 1 fully saturated rings. The van der Waals surface area contributed by atoms with Gasteiger partial charge in [-0.15, -0.1) is 0 Å². The summed E-state index contributed by atoms with van der Waals surface area (Å²) in [7, 11) is 0. The Morgan fingerprint density at radius 3 is 2.50 bits per heavy atom. The van der Waals surface area contributed by atoms with Gasteiger partial charge in [0.25, 0.3) is 5.91 Å². The zero-order valence-electron chi connectivity index (χ0n) is 14.6. The maximum atomic E-state index is 12.6. The van der Waals surface area contributed by atoms with Crippen LogP contribution in [0.15, 0.2) is 15.3 Å². The van der Waals surface area contributed by atoms with Crippen LogP contribution in [0.4, 0.5) is 0 Å². The van der Waals surface area contributed by atoms with E-state index in [2.05, 4.69) is 12.2 Å². The van der Waals surface area contributed by atoms with E-state index in [-0.39, 0.29) is 11.5 Å². The number of aryl methyl sites for hydroxylation is 1. The lowest BCUT2D eigenvalue weighted by Crippen LogP contribution is -2.56. The first kappa shape index (κ1) is 18.2. The molecule has 2 rings (SSSR count). The number of hydrogen-bond acceptors (Lipinski definition) is 4. The molecule has 1 aliphatic rings. The average molecular weight is 334 g/mol. The van der Waals surface area contributed by atoms with Crippen molar-refractivity contribution in [2.45, 2.75) is 70.8 Å². The van der Waals surface area contributed by atoms with Crippen LogP contribution < -0.4 is 16.7 Å². The SMILES string of the molecule is CCCC(C)c1cc(C)c(C(=O)NC2(C(N)=O)CCCC2)c(=O)o1. The standard InChI is InChI=1S/C18H26N2O4/c1-4-7-11(2)13-10-12(3)14(16(22)24-13)15(21)20-18(17(19)23)8-5-6-9-18/h10-11H,4-9H2,1-3H3,(H2,19,23)(H,20,21). The van der Waals surface area contributed by atoms with Crippen LogP contribution in [0.2, 0.25) is 0 Å². The van der Waals surface area contributed by atoms with E-state index in [1.807, 2.05) is 6.92 Å². The van der Waals surface area contributed by atoms with Crippen LogP contribution in [0.1, 0.15) is 80.0 Å². The van der Waals surface area contributed by atoms with Crippen LogP contribution in [-0.4, -0.2) is 17.4 Å². The molecule has 132 valence electrons. The number of carbonyl (C=O) groups is 2. The summed E-state index contributed by atoms with van der Waals surface area (Å²) >= 11 is 0. The van der Waals surface area contributed by atoms with Gasteiger partial charge in [-0.25, -0.2) is 4.79 Å². The lowest BCUT2D eigenvalue weighted by Gasteiger charge is -2.26. The number of hydrogen-bond donors (Lipinski definition) is 2. The van der Waals surface area contributed by atoms with E-state index in [4.69, 9.17) is 10.2 Å². The molecular weight excluding hydrogens is 308 g/mol. The Bertz CT molecular complexity index is 687. The Balaban J connectivity index is 2.30. The highest BCUT2D eigenvalue weighted by molar-refractivity contribution is 5.99. The quantitative estimate of drug-likeness (QED) is 0.833. The molecule has 24 heavy (non-hydrogen) atoms. The maximum absolute atomic E-state index is 12.6. The van der Waals surface area contributed by atoms with E-state index >= 15 is 0 Å². The first-order valence-corrected chi connectivity index (χ1v) is 8.58. The second-order valence-electron chi connectivity index (χ2n) is 6.79. The molecule has 1 unspecified atom stereocenters. The third-order valence-electron chi connectivity index (χ3n) is 4.88. The van der Waals surface area contributed by atoms with Crippen molar-refractivity contribution in [3.05, 3.63) is 33.4 Å². The molecule has 0 spiro atoms. The van der Waals surface area contributed by atoms with Crippen molar-refractivity contribution < 1.29 is 14.0 Å². The number of primary amides is 1. The second kappa shape index (κ2) is 7.20. The van der Waals surface area contributed by atoms with Crippen LogP contribution in [0, 0.1) is 6.92 Å². The summed E-state index contributed by atoms with van der Waals surface area (Å²) in [6, 6.07) is 1.74. The van der Waals surface area contributed by atoms with E-state index in [0.29, 0.717) is 24.2 Å². The third-order valence-corrected chi connectivity index (χ3v) is 4.88. The van der Waals surface area contributed by atoms with Gasteiger partial charge in [0.05, 0.1) is 0 Å². The molecule has 0 aliphatic heterocycles. The van der Waals surface area contributed by atoms with Crippen molar-refractivity contribution in [3.63, 3.8) is 0 Å². The van der Waals surface area contributed by atoms with Gasteiger partial charge < -0.3 is 15.5 Å². The Morgan fingerprint density at radius 1 is 1.38 bits per heavy atom. The van der Waals surface area contributed by atoms with Gasteiger partial charge in [-0.1, -0.05) is 33.1 Å². The van der Waals surface area contributed by atoms with Crippen molar-refractivity contribution in [1.82, 2.24) is 5.32 Å². The molecule has 0 saturated heterocycles. The molecule has 1 heterocycles. The first-order chi connectivity index (χ1) is 11.3. The largest absolute Gasteiger partial charge is 0.427 e. The molecule has 6 heteroatoms. The minimum Gasteiger partial charge on any atom is -0.427 e. The lowest BCUT2D eigenvalue weighted by molar-refractivity contribution is -0.123. The molecular formula is C18H26N2O4. The fraction of sp³-hybridized carbons (Fsp3) is 0.611. The van der Waals surface area contributed by atoms with E-state index in [1.54, 1.807) is 13.0 Å². The number of amides is 2. The van der Waals surface area contributed by atoms with Gasteiger partial charge in [-0.2, -0.15) is 0 Å². The highest BCUT2D eigenvalue weighted by atomic mass is 16.4. The highest BCUT2D eigenvalue weighted by Crippen LogP contribution is 2.30. The molecule has 0 aromatic carbocycles. The van der Waals surface area contributed by atoms with Crippen LogP contribution in [-0.2, 0) is 4.79 Å². The molecule has 1 aromatic heterocycles. The maximum Gasteiger partial charge on any atom is 0.349 e. The summed E-state index contributed by atoms with van der Waals surface area (Å²) in [5, 5.41) is 2.69. The molecule has 1 aliphatic carbocycles. The topological polar surface area (TPSA) is 102 Å². The molecule has 3 N–H and O–H groups in total. The Hall–Kier alpha value is -2.11. The lowest BCUT2D eigenvalue weighted by atomic mass is 9.95. The van der Waals surface area contributed by atoms with Crippen molar-refractivity contribution in [2.24, 2.45) is 5.73 Å². The van der Waals surface area contributed by atoms with Crippen molar-refractivity contribution in [3.8, 4) is 0 Å². The van der Waals surface area contributed by atoms with Crippen LogP contribution >= 0.6 is 0 Å². The fourth-order valence-electron chi connectivity index (χ4n) is 3.42. The third kappa shape index (κ3) is 3.52. The Morgan fingerprint density at radius 2 is 2.00 bits per heavy atom. The van der Waals surface area contributed by atoms with E-state index in [9.17, 15) is 14.4 Å². The second-order valence-corrected chi connectivity index (χ2v) is 6.79. The number of nitrogens with one attached hydrogen (secondary N) is 1. The normalized spacial score (nSPS) is 17.5. The highest BCUT2D eigenvalue weighted by Gasteiger charge is 2.41. The molecule has 2 amide bonds. The fourth-order valence-corrected chi connectivity index (χ4v) is 3.42. The minimum absolute atomic E-state index is 0.0463. The van der Waals surface area contributed by atoms with Crippen molar-refractivity contribution >= 4 is 11.8 Å². The van der Waals surface area contributed by atoms with Gasteiger partial charge in [0.1, 0.15) is 16.9 Å². The predicted molar refractivity (Wildman–Crippen MR) is 90.9 cm³/mol. The minimum atomic E-state index is -1.05. The number of rotatable bonds is 6. The summed E-state index contributed by atoms with van der Waals surface area (Å²) in [5.41, 5.74) is 4.27. The molecule has 1 atom stereocenters. The molecule has 1 aromatic rings. The van der Waals surface area contributed by atoms with Gasteiger partial charge in [0.2, 0.25) is 5.91 Å².